The fourth-order valence-corrected chi connectivity index (χ4v) is 7.79. The number of alkyl halides is 3. The maximum absolute atomic E-state index is 15.3. The third kappa shape index (κ3) is 6.31. The molecule has 3 aromatic carbocycles. The molecule has 9 heteroatoms. The van der Waals surface area contributed by atoms with E-state index in [-0.39, 0.29) is 28.8 Å². The summed E-state index contributed by atoms with van der Waals surface area (Å²) >= 11 is 0. The Bertz CT molecular complexity index is 1550. The third-order valence-corrected chi connectivity index (χ3v) is 10.0. The molecule has 2 saturated carbocycles. The lowest BCUT2D eigenvalue weighted by atomic mass is 9.76. The summed E-state index contributed by atoms with van der Waals surface area (Å²) in [4.78, 5) is 30.2. The van der Waals surface area contributed by atoms with Crippen LogP contribution in [0.5, 0.6) is 0 Å². The summed E-state index contributed by atoms with van der Waals surface area (Å²) < 4.78 is 56.3. The third-order valence-electron chi connectivity index (χ3n) is 10.0. The van der Waals surface area contributed by atoms with Gasteiger partial charge in [-0.25, -0.2) is 4.39 Å². The van der Waals surface area contributed by atoms with Gasteiger partial charge in [-0.2, -0.15) is 13.2 Å². The largest absolute Gasteiger partial charge is 0.416 e. The van der Waals surface area contributed by atoms with Crippen molar-refractivity contribution >= 4 is 23.2 Å². The number of fused-ring (bicyclic) bond motifs is 1. The van der Waals surface area contributed by atoms with Gasteiger partial charge in [0.1, 0.15) is 5.82 Å². The lowest BCUT2D eigenvalue weighted by Crippen LogP contribution is -2.54. The molecule has 45 heavy (non-hydrogen) atoms. The van der Waals surface area contributed by atoms with E-state index in [1.165, 1.54) is 38.0 Å². The predicted octanol–water partition coefficient (Wildman–Crippen LogP) is 8.83. The van der Waals surface area contributed by atoms with Gasteiger partial charge in [0.05, 0.1) is 23.1 Å². The molecule has 5 nitrogen and oxygen atoms in total. The van der Waals surface area contributed by atoms with Gasteiger partial charge in [-0.15, -0.1) is 0 Å². The molecular weight excluding hydrogens is 582 g/mol. The first-order chi connectivity index (χ1) is 21.5. The van der Waals surface area contributed by atoms with Crippen LogP contribution in [0.25, 0.3) is 0 Å². The van der Waals surface area contributed by atoms with Crippen molar-refractivity contribution in [1.82, 2.24) is 4.90 Å². The van der Waals surface area contributed by atoms with Crippen molar-refractivity contribution in [2.24, 2.45) is 11.8 Å². The van der Waals surface area contributed by atoms with Crippen molar-refractivity contribution < 1.29 is 27.2 Å². The predicted molar refractivity (Wildman–Crippen MR) is 166 cm³/mol. The standard InChI is InChI=1S/C36H39F4N3O2/c1-21-13-16-27(20-29(21)36(38,39)40)42-34(44)28-19-24-8-6-12-31(24)43(35(45)32-22(2)7-5-11-30(32)37)33(28)23-14-17-26(18-15-23)41-25-9-3-4-10-25/h5,7,11,13-18,20,24-25,28,31,33,41H,3-4,6,8-10,12,19H2,1-2H3,(H,42,44)/t24?,28?,31?,33-/m0/s1. The summed E-state index contributed by atoms with van der Waals surface area (Å²) in [5.74, 6) is -2.29. The van der Waals surface area contributed by atoms with Gasteiger partial charge in [-0.05, 0) is 98.9 Å². The van der Waals surface area contributed by atoms with E-state index in [4.69, 9.17) is 0 Å². The van der Waals surface area contributed by atoms with E-state index in [9.17, 15) is 22.8 Å². The zero-order valence-corrected chi connectivity index (χ0v) is 25.6. The first-order valence-electron chi connectivity index (χ1n) is 15.9. The number of amides is 2. The molecule has 4 atom stereocenters. The first-order valence-corrected chi connectivity index (χ1v) is 15.9. The van der Waals surface area contributed by atoms with Crippen molar-refractivity contribution in [2.75, 3.05) is 10.6 Å². The molecule has 1 saturated heterocycles. The van der Waals surface area contributed by atoms with Crippen LogP contribution in [-0.4, -0.2) is 28.8 Å². The second-order valence-electron chi connectivity index (χ2n) is 13.0. The highest BCUT2D eigenvalue weighted by Gasteiger charge is 2.50. The van der Waals surface area contributed by atoms with Crippen molar-refractivity contribution in [1.29, 1.82) is 0 Å². The summed E-state index contributed by atoms with van der Waals surface area (Å²) in [6.45, 7) is 3.08. The van der Waals surface area contributed by atoms with Crippen molar-refractivity contribution in [2.45, 2.75) is 89.5 Å². The summed E-state index contributed by atoms with van der Waals surface area (Å²) in [5, 5.41) is 6.32. The molecule has 0 aromatic heterocycles. The summed E-state index contributed by atoms with van der Waals surface area (Å²) in [6, 6.07) is 15.5. The number of carbonyl (C=O) groups excluding carboxylic acids is 2. The molecule has 0 bridgehead atoms. The molecule has 2 N–H and O–H groups in total. The van der Waals surface area contributed by atoms with Crippen LogP contribution < -0.4 is 10.6 Å². The number of halogens is 4. The van der Waals surface area contributed by atoms with Crippen LogP contribution >= 0.6 is 0 Å². The van der Waals surface area contributed by atoms with Crippen LogP contribution in [0.15, 0.2) is 60.7 Å². The molecule has 238 valence electrons. The number of nitrogens with one attached hydrogen (secondary N) is 2. The van der Waals surface area contributed by atoms with E-state index in [0.29, 0.717) is 18.0 Å². The van der Waals surface area contributed by atoms with E-state index in [0.717, 1.165) is 49.4 Å². The molecule has 0 spiro atoms. The van der Waals surface area contributed by atoms with Crippen molar-refractivity contribution in [3.05, 3.63) is 94.3 Å². The number of likely N-dealkylation sites (tertiary alicyclic amines) is 1. The van der Waals surface area contributed by atoms with Gasteiger partial charge < -0.3 is 15.5 Å². The number of anilines is 2. The van der Waals surface area contributed by atoms with Gasteiger partial charge >= 0.3 is 6.18 Å². The first kappa shape index (κ1) is 31.1. The van der Waals surface area contributed by atoms with E-state index in [2.05, 4.69) is 10.6 Å². The Morgan fingerprint density at radius 2 is 1.56 bits per heavy atom. The van der Waals surface area contributed by atoms with E-state index in [1.807, 2.05) is 24.3 Å². The molecule has 6 rings (SSSR count). The van der Waals surface area contributed by atoms with Gasteiger partial charge in [0.25, 0.3) is 5.91 Å². The van der Waals surface area contributed by atoms with Crippen molar-refractivity contribution in [3.8, 4) is 0 Å². The molecule has 3 aromatic rings. The maximum atomic E-state index is 15.3. The zero-order chi connectivity index (χ0) is 31.9. The Kier molecular flexibility index (Phi) is 8.63. The van der Waals surface area contributed by atoms with Crippen LogP contribution in [0.1, 0.15) is 90.0 Å². The molecule has 3 aliphatic rings. The number of hydrogen-bond acceptors (Lipinski definition) is 3. The van der Waals surface area contributed by atoms with Gasteiger partial charge in [0.15, 0.2) is 0 Å². The molecule has 3 fully saturated rings. The Hall–Kier alpha value is -3.88. The highest BCUT2D eigenvalue weighted by atomic mass is 19.4. The van der Waals surface area contributed by atoms with Crippen LogP contribution in [-0.2, 0) is 11.0 Å². The monoisotopic (exact) mass is 621 g/mol. The average Bonchev–Trinajstić information content (AvgIpc) is 3.69. The fourth-order valence-electron chi connectivity index (χ4n) is 7.79. The highest BCUT2D eigenvalue weighted by molar-refractivity contribution is 5.98. The van der Waals surface area contributed by atoms with Gasteiger partial charge in [-0.1, -0.05) is 49.6 Å². The highest BCUT2D eigenvalue weighted by Crippen LogP contribution is 2.49. The van der Waals surface area contributed by atoms with Crippen LogP contribution in [0.3, 0.4) is 0 Å². The minimum absolute atomic E-state index is 0.0120. The Balaban J connectivity index is 1.39. The van der Waals surface area contributed by atoms with Crippen LogP contribution in [0, 0.1) is 31.5 Å². The maximum Gasteiger partial charge on any atom is 0.416 e. The number of nitrogens with zero attached hydrogens (tertiary/aromatic N) is 1. The minimum atomic E-state index is -4.57. The van der Waals surface area contributed by atoms with E-state index in [1.54, 1.807) is 24.0 Å². The lowest BCUT2D eigenvalue weighted by molar-refractivity contribution is -0.138. The Morgan fingerprint density at radius 3 is 2.24 bits per heavy atom. The Labute approximate surface area is 261 Å². The molecule has 2 amide bonds. The number of carbonyl (C=O) groups is 2. The number of piperidine rings is 1. The fraction of sp³-hybridized carbons (Fsp3) is 0.444. The molecule has 1 heterocycles. The smallest absolute Gasteiger partial charge is 0.382 e. The lowest BCUT2D eigenvalue weighted by Gasteiger charge is -2.48. The Morgan fingerprint density at radius 1 is 0.844 bits per heavy atom. The molecule has 2 aliphatic carbocycles. The number of hydrogen-bond donors (Lipinski definition) is 2. The summed E-state index contributed by atoms with van der Waals surface area (Å²) in [7, 11) is 0. The summed E-state index contributed by atoms with van der Waals surface area (Å²) in [6.07, 6.45) is 2.92. The van der Waals surface area contributed by atoms with E-state index >= 15 is 4.39 Å². The number of rotatable bonds is 6. The van der Waals surface area contributed by atoms with E-state index < -0.39 is 41.3 Å². The summed E-state index contributed by atoms with van der Waals surface area (Å²) in [5.41, 5.74) is 1.48. The van der Waals surface area contributed by atoms with Crippen molar-refractivity contribution in [3.63, 3.8) is 0 Å². The van der Waals surface area contributed by atoms with Gasteiger partial charge in [0.2, 0.25) is 5.91 Å². The molecular formula is C36H39F4N3O2. The van der Waals surface area contributed by atoms with Gasteiger partial charge in [-0.3, -0.25) is 9.59 Å². The number of benzene rings is 3. The quantitative estimate of drug-likeness (QED) is 0.271. The van der Waals surface area contributed by atoms with Crippen LogP contribution in [0.4, 0.5) is 28.9 Å². The van der Waals surface area contributed by atoms with Crippen LogP contribution in [0.2, 0.25) is 0 Å². The second-order valence-corrected chi connectivity index (χ2v) is 13.0. The SMILES string of the molecule is Cc1ccc(NC(=O)C2CC3CCCC3N(C(=O)c3c(C)cccc3F)[C@H]2c2ccc(NC3CCCC3)cc2)cc1C(F)(F)F. The molecule has 3 unspecified atom stereocenters. The second kappa shape index (κ2) is 12.5. The normalized spacial score (nSPS) is 23.6. The molecule has 1 aliphatic heterocycles. The minimum Gasteiger partial charge on any atom is -0.382 e. The zero-order valence-electron chi connectivity index (χ0n) is 25.6. The topological polar surface area (TPSA) is 61.4 Å². The number of aryl methyl sites for hydroxylation is 2. The molecule has 0 radical (unpaired) electrons. The average molecular weight is 622 g/mol. The van der Waals surface area contributed by atoms with Gasteiger partial charge in [0, 0.05) is 23.5 Å².